The lowest BCUT2D eigenvalue weighted by Gasteiger charge is -2.14. The molecule has 94 valence electrons. The van der Waals surface area contributed by atoms with Crippen LogP contribution < -0.4 is 10.1 Å². The number of para-hydroxylation sites is 2. The van der Waals surface area contributed by atoms with E-state index in [1.54, 1.807) is 6.07 Å². The van der Waals surface area contributed by atoms with E-state index in [9.17, 15) is 13.2 Å². The lowest BCUT2D eigenvalue weighted by atomic mass is 10.3. The highest BCUT2D eigenvalue weighted by Gasteiger charge is 2.31. The van der Waals surface area contributed by atoms with Gasteiger partial charge in [0.15, 0.2) is 5.75 Å². The summed E-state index contributed by atoms with van der Waals surface area (Å²) >= 11 is 10.9. The van der Waals surface area contributed by atoms with Crippen LogP contribution in [0, 0.1) is 0 Å². The summed E-state index contributed by atoms with van der Waals surface area (Å²) in [4.78, 5) is 0. The SMILES string of the molecule is FC(F)(F)Oc1ccccc1NCC(Cl)=CCl. The van der Waals surface area contributed by atoms with Crippen LogP contribution in [-0.2, 0) is 0 Å². The molecule has 7 heteroatoms. The fourth-order valence-electron chi connectivity index (χ4n) is 1.04. The van der Waals surface area contributed by atoms with Gasteiger partial charge in [-0.2, -0.15) is 0 Å². The lowest BCUT2D eigenvalue weighted by molar-refractivity contribution is -0.274. The van der Waals surface area contributed by atoms with Gasteiger partial charge in [-0.3, -0.25) is 0 Å². The van der Waals surface area contributed by atoms with Gasteiger partial charge >= 0.3 is 6.36 Å². The predicted octanol–water partition coefficient (Wildman–Crippen LogP) is 4.32. The Hall–Kier alpha value is -1.07. The molecule has 0 radical (unpaired) electrons. The smallest absolute Gasteiger partial charge is 0.404 e. The summed E-state index contributed by atoms with van der Waals surface area (Å²) in [6.45, 7) is 0.114. The Balaban J connectivity index is 2.78. The molecule has 0 fully saturated rings. The van der Waals surface area contributed by atoms with Crippen molar-refractivity contribution in [3.8, 4) is 5.75 Å². The summed E-state index contributed by atoms with van der Waals surface area (Å²) < 4.78 is 40.1. The second-order valence-electron chi connectivity index (χ2n) is 2.95. The number of hydrogen-bond acceptors (Lipinski definition) is 2. The van der Waals surface area contributed by atoms with Gasteiger partial charge < -0.3 is 10.1 Å². The molecule has 0 spiro atoms. The van der Waals surface area contributed by atoms with Crippen molar-refractivity contribution in [2.75, 3.05) is 11.9 Å². The molecule has 0 aliphatic rings. The van der Waals surface area contributed by atoms with Crippen molar-refractivity contribution in [1.29, 1.82) is 0 Å². The Morgan fingerprint density at radius 2 is 2.00 bits per heavy atom. The van der Waals surface area contributed by atoms with Gasteiger partial charge in [-0.05, 0) is 12.1 Å². The van der Waals surface area contributed by atoms with Crippen LogP contribution in [0.5, 0.6) is 5.75 Å². The summed E-state index contributed by atoms with van der Waals surface area (Å²) in [6.07, 6.45) is -4.73. The van der Waals surface area contributed by atoms with Crippen LogP contribution in [0.3, 0.4) is 0 Å². The van der Waals surface area contributed by atoms with Gasteiger partial charge in [0, 0.05) is 10.6 Å². The number of nitrogens with one attached hydrogen (secondary N) is 1. The minimum Gasteiger partial charge on any atom is -0.404 e. The van der Waals surface area contributed by atoms with E-state index in [0.29, 0.717) is 0 Å². The van der Waals surface area contributed by atoms with Gasteiger partial charge in [0.2, 0.25) is 0 Å². The zero-order valence-corrected chi connectivity index (χ0v) is 9.90. The number of benzene rings is 1. The summed E-state index contributed by atoms with van der Waals surface area (Å²) in [5.74, 6) is -0.320. The second kappa shape index (κ2) is 6.02. The zero-order valence-electron chi connectivity index (χ0n) is 8.39. The van der Waals surface area contributed by atoms with Crippen LogP contribution in [0.15, 0.2) is 34.8 Å². The molecule has 2 nitrogen and oxygen atoms in total. The Morgan fingerprint density at radius 3 is 2.59 bits per heavy atom. The molecule has 17 heavy (non-hydrogen) atoms. The van der Waals surface area contributed by atoms with E-state index in [0.717, 1.165) is 5.54 Å². The maximum absolute atomic E-state index is 12.1. The maximum atomic E-state index is 12.1. The van der Waals surface area contributed by atoms with Gasteiger partial charge in [-0.25, -0.2) is 0 Å². The summed E-state index contributed by atoms with van der Waals surface area (Å²) in [5, 5.41) is 2.95. The van der Waals surface area contributed by atoms with E-state index in [-0.39, 0.29) is 23.0 Å². The van der Waals surface area contributed by atoms with Crippen molar-refractivity contribution in [2.24, 2.45) is 0 Å². The molecule has 0 amide bonds. The Bertz CT molecular complexity index is 407. The highest BCUT2D eigenvalue weighted by molar-refractivity contribution is 6.36. The number of ether oxygens (including phenoxy) is 1. The first-order chi connectivity index (χ1) is 7.92. The van der Waals surface area contributed by atoms with Crippen LogP contribution in [0.1, 0.15) is 0 Å². The van der Waals surface area contributed by atoms with Crippen molar-refractivity contribution in [1.82, 2.24) is 0 Å². The third kappa shape index (κ3) is 5.19. The number of hydrogen-bond donors (Lipinski definition) is 1. The van der Waals surface area contributed by atoms with Crippen molar-refractivity contribution >= 4 is 28.9 Å². The summed E-state index contributed by atoms with van der Waals surface area (Å²) in [6, 6.07) is 5.66. The number of anilines is 1. The number of rotatable bonds is 4. The van der Waals surface area contributed by atoms with Gasteiger partial charge in [-0.1, -0.05) is 35.3 Å². The molecular weight excluding hydrogens is 278 g/mol. The third-order valence-electron chi connectivity index (χ3n) is 1.68. The minimum absolute atomic E-state index is 0.114. The Morgan fingerprint density at radius 1 is 1.35 bits per heavy atom. The first-order valence-corrected chi connectivity index (χ1v) is 5.27. The highest BCUT2D eigenvalue weighted by atomic mass is 35.5. The van der Waals surface area contributed by atoms with Crippen LogP contribution in [0.4, 0.5) is 18.9 Å². The molecule has 0 bridgehead atoms. The Kier molecular flexibility index (Phi) is 4.96. The summed E-state index contributed by atoms with van der Waals surface area (Å²) in [7, 11) is 0. The Labute approximate surface area is 106 Å². The molecule has 1 aromatic rings. The van der Waals surface area contributed by atoms with E-state index >= 15 is 0 Å². The van der Waals surface area contributed by atoms with Crippen LogP contribution >= 0.6 is 23.2 Å². The van der Waals surface area contributed by atoms with E-state index < -0.39 is 6.36 Å². The van der Waals surface area contributed by atoms with Gasteiger partial charge in [0.25, 0.3) is 0 Å². The van der Waals surface area contributed by atoms with Gasteiger partial charge in [0.1, 0.15) is 0 Å². The molecule has 1 aromatic carbocycles. The standard InChI is InChI=1S/C10H8Cl2F3NO/c11-5-7(12)6-16-8-3-1-2-4-9(8)17-10(13,14)15/h1-5,16H,6H2. The molecule has 0 heterocycles. The van der Waals surface area contributed by atoms with Crippen molar-refractivity contribution in [3.63, 3.8) is 0 Å². The molecule has 0 saturated carbocycles. The fourth-order valence-corrected chi connectivity index (χ4v) is 1.19. The van der Waals surface area contributed by atoms with Crippen molar-refractivity contribution in [3.05, 3.63) is 34.8 Å². The van der Waals surface area contributed by atoms with Crippen molar-refractivity contribution in [2.45, 2.75) is 6.36 Å². The summed E-state index contributed by atoms with van der Waals surface area (Å²) in [5.41, 5.74) is 1.31. The molecule has 0 aromatic heterocycles. The van der Waals surface area contributed by atoms with Crippen molar-refractivity contribution < 1.29 is 17.9 Å². The normalized spacial score (nSPS) is 12.4. The van der Waals surface area contributed by atoms with Gasteiger partial charge in [0.05, 0.1) is 12.2 Å². The first-order valence-electron chi connectivity index (χ1n) is 4.46. The molecule has 1 rings (SSSR count). The van der Waals surface area contributed by atoms with E-state index in [2.05, 4.69) is 10.1 Å². The highest BCUT2D eigenvalue weighted by Crippen LogP contribution is 2.30. The average molecular weight is 286 g/mol. The number of halogens is 5. The topological polar surface area (TPSA) is 21.3 Å². The maximum Gasteiger partial charge on any atom is 0.573 e. The molecule has 1 N–H and O–H groups in total. The molecule has 0 unspecified atom stereocenters. The van der Waals surface area contributed by atoms with Gasteiger partial charge in [-0.15, -0.1) is 13.2 Å². The molecule has 0 aliphatic heterocycles. The van der Waals surface area contributed by atoms with E-state index in [1.807, 2.05) is 0 Å². The predicted molar refractivity (Wildman–Crippen MR) is 61.4 cm³/mol. The second-order valence-corrected chi connectivity index (χ2v) is 3.66. The fraction of sp³-hybridized carbons (Fsp3) is 0.200. The molecule has 0 saturated heterocycles. The van der Waals surface area contributed by atoms with E-state index in [4.69, 9.17) is 23.2 Å². The van der Waals surface area contributed by atoms with Crippen LogP contribution in [-0.4, -0.2) is 12.9 Å². The molecule has 0 aliphatic carbocycles. The number of alkyl halides is 3. The average Bonchev–Trinajstić information content (AvgIpc) is 2.25. The molecule has 0 atom stereocenters. The lowest BCUT2D eigenvalue weighted by Crippen LogP contribution is -2.18. The third-order valence-corrected chi connectivity index (χ3v) is 2.30. The van der Waals surface area contributed by atoms with E-state index in [1.165, 1.54) is 18.2 Å². The minimum atomic E-state index is -4.73. The quantitative estimate of drug-likeness (QED) is 0.890. The van der Waals surface area contributed by atoms with Crippen LogP contribution in [0.2, 0.25) is 0 Å². The largest absolute Gasteiger partial charge is 0.573 e. The van der Waals surface area contributed by atoms with Crippen LogP contribution in [0.25, 0.3) is 0 Å². The monoisotopic (exact) mass is 285 g/mol. The zero-order chi connectivity index (χ0) is 12.9. The first kappa shape index (κ1) is 14.0. The molecular formula is C10H8Cl2F3NO.